The topological polar surface area (TPSA) is 39.7 Å². The normalized spacial score (nSPS) is 28.5. The molecule has 0 aromatic carbocycles. The molecule has 4 heteroatoms. The van der Waals surface area contributed by atoms with Crippen LogP contribution in [0.2, 0.25) is 0 Å². The minimum absolute atomic E-state index is 0.331. The van der Waals surface area contributed by atoms with E-state index in [1.54, 1.807) is 0 Å². The van der Waals surface area contributed by atoms with Crippen molar-refractivity contribution >= 4 is 0 Å². The zero-order valence-corrected chi connectivity index (χ0v) is 12.1. The average molecular weight is 259 g/mol. The molecule has 1 aliphatic rings. The quantitative estimate of drug-likeness (QED) is 0.643. The highest BCUT2D eigenvalue weighted by Crippen LogP contribution is 2.21. The lowest BCUT2D eigenvalue weighted by molar-refractivity contribution is -0.101. The molecule has 0 aromatic rings. The summed E-state index contributed by atoms with van der Waals surface area (Å²) in [6, 6.07) is 0. The second-order valence-corrected chi connectivity index (χ2v) is 5.02. The summed E-state index contributed by atoms with van der Waals surface area (Å²) in [6.07, 6.45) is 4.15. The molecule has 2 unspecified atom stereocenters. The standard InChI is InChI=1S/C14H29NO3/c1-4-16-8-5-6-15-7-9-17-14-10-12(2)18-13(3)11-14/h12-15H,4-11H2,1-3H3. The Hall–Kier alpha value is -0.160. The lowest BCUT2D eigenvalue weighted by atomic mass is 10.0. The van der Waals surface area contributed by atoms with E-state index in [0.717, 1.165) is 52.2 Å². The van der Waals surface area contributed by atoms with Crippen LogP contribution in [-0.2, 0) is 14.2 Å². The van der Waals surface area contributed by atoms with Crippen LogP contribution in [0.5, 0.6) is 0 Å². The van der Waals surface area contributed by atoms with Crippen molar-refractivity contribution in [2.45, 2.75) is 58.3 Å². The van der Waals surface area contributed by atoms with Crippen molar-refractivity contribution in [1.29, 1.82) is 0 Å². The van der Waals surface area contributed by atoms with Crippen LogP contribution in [-0.4, -0.2) is 51.2 Å². The first-order valence-electron chi connectivity index (χ1n) is 7.28. The number of hydrogen-bond donors (Lipinski definition) is 1. The molecule has 108 valence electrons. The predicted molar refractivity (Wildman–Crippen MR) is 73.0 cm³/mol. The SMILES string of the molecule is CCOCCCNCCOC1CC(C)OC(C)C1. The van der Waals surface area contributed by atoms with Gasteiger partial charge in [0.05, 0.1) is 24.9 Å². The lowest BCUT2D eigenvalue weighted by Gasteiger charge is -2.32. The first-order chi connectivity index (χ1) is 8.72. The van der Waals surface area contributed by atoms with Crippen molar-refractivity contribution in [2.24, 2.45) is 0 Å². The van der Waals surface area contributed by atoms with E-state index in [1.165, 1.54) is 0 Å². The summed E-state index contributed by atoms with van der Waals surface area (Å²) in [5.74, 6) is 0. The fourth-order valence-corrected chi connectivity index (χ4v) is 2.35. The maximum absolute atomic E-state index is 5.88. The summed E-state index contributed by atoms with van der Waals surface area (Å²) in [6.45, 7) is 10.6. The fraction of sp³-hybridized carbons (Fsp3) is 1.00. The third-order valence-electron chi connectivity index (χ3n) is 3.13. The molecule has 0 bridgehead atoms. The van der Waals surface area contributed by atoms with Gasteiger partial charge in [0.1, 0.15) is 0 Å². The molecule has 1 aliphatic heterocycles. The van der Waals surface area contributed by atoms with E-state index in [1.807, 2.05) is 6.92 Å². The van der Waals surface area contributed by atoms with Gasteiger partial charge in [-0.25, -0.2) is 0 Å². The van der Waals surface area contributed by atoms with E-state index in [2.05, 4.69) is 19.2 Å². The molecular formula is C14H29NO3. The van der Waals surface area contributed by atoms with Gasteiger partial charge in [0, 0.05) is 19.8 Å². The van der Waals surface area contributed by atoms with E-state index < -0.39 is 0 Å². The summed E-state index contributed by atoms with van der Waals surface area (Å²) in [5, 5.41) is 3.37. The van der Waals surface area contributed by atoms with Gasteiger partial charge in [-0.15, -0.1) is 0 Å². The summed E-state index contributed by atoms with van der Waals surface area (Å²) in [7, 11) is 0. The highest BCUT2D eigenvalue weighted by molar-refractivity contribution is 4.73. The van der Waals surface area contributed by atoms with E-state index in [4.69, 9.17) is 14.2 Å². The Morgan fingerprint density at radius 1 is 1.11 bits per heavy atom. The maximum Gasteiger partial charge on any atom is 0.0625 e. The maximum atomic E-state index is 5.88. The fourth-order valence-electron chi connectivity index (χ4n) is 2.35. The Kier molecular flexibility index (Phi) is 8.59. The second kappa shape index (κ2) is 9.73. The minimum Gasteiger partial charge on any atom is -0.382 e. The highest BCUT2D eigenvalue weighted by Gasteiger charge is 2.24. The Morgan fingerprint density at radius 2 is 1.83 bits per heavy atom. The number of ether oxygens (including phenoxy) is 3. The van der Waals surface area contributed by atoms with Crippen LogP contribution in [0.1, 0.15) is 40.0 Å². The summed E-state index contributed by atoms with van der Waals surface area (Å²) in [4.78, 5) is 0. The molecule has 1 rings (SSSR count). The van der Waals surface area contributed by atoms with Gasteiger partial charge in [0.2, 0.25) is 0 Å². The van der Waals surface area contributed by atoms with Crippen molar-refractivity contribution < 1.29 is 14.2 Å². The molecule has 0 aromatic heterocycles. The third kappa shape index (κ3) is 7.31. The van der Waals surface area contributed by atoms with Crippen molar-refractivity contribution in [1.82, 2.24) is 5.32 Å². The molecule has 1 fully saturated rings. The van der Waals surface area contributed by atoms with Crippen LogP contribution in [0.25, 0.3) is 0 Å². The molecule has 4 nitrogen and oxygen atoms in total. The first kappa shape index (κ1) is 15.9. The molecule has 1 N–H and O–H groups in total. The summed E-state index contributed by atoms with van der Waals surface area (Å²) >= 11 is 0. The smallest absolute Gasteiger partial charge is 0.0625 e. The number of rotatable bonds is 9. The molecule has 2 atom stereocenters. The zero-order chi connectivity index (χ0) is 13.2. The van der Waals surface area contributed by atoms with Crippen LogP contribution < -0.4 is 5.32 Å². The molecule has 0 spiro atoms. The zero-order valence-electron chi connectivity index (χ0n) is 12.1. The van der Waals surface area contributed by atoms with Gasteiger partial charge >= 0.3 is 0 Å². The van der Waals surface area contributed by atoms with Crippen LogP contribution in [0.15, 0.2) is 0 Å². The average Bonchev–Trinajstić information content (AvgIpc) is 2.31. The molecule has 1 heterocycles. The van der Waals surface area contributed by atoms with Crippen LogP contribution in [0.4, 0.5) is 0 Å². The van der Waals surface area contributed by atoms with Crippen LogP contribution >= 0.6 is 0 Å². The van der Waals surface area contributed by atoms with E-state index in [-0.39, 0.29) is 0 Å². The molecule has 0 aliphatic carbocycles. The monoisotopic (exact) mass is 259 g/mol. The molecule has 1 saturated heterocycles. The Balaban J connectivity index is 1.91. The highest BCUT2D eigenvalue weighted by atomic mass is 16.5. The Morgan fingerprint density at radius 3 is 2.50 bits per heavy atom. The summed E-state index contributed by atoms with van der Waals surface area (Å²) < 4.78 is 16.8. The third-order valence-corrected chi connectivity index (χ3v) is 3.13. The lowest BCUT2D eigenvalue weighted by Crippen LogP contribution is -2.35. The van der Waals surface area contributed by atoms with Gasteiger partial charge < -0.3 is 19.5 Å². The van der Waals surface area contributed by atoms with E-state index in [9.17, 15) is 0 Å². The van der Waals surface area contributed by atoms with Gasteiger partial charge in [-0.2, -0.15) is 0 Å². The first-order valence-corrected chi connectivity index (χ1v) is 7.28. The Labute approximate surface area is 111 Å². The van der Waals surface area contributed by atoms with Crippen LogP contribution in [0.3, 0.4) is 0 Å². The number of hydrogen-bond acceptors (Lipinski definition) is 4. The predicted octanol–water partition coefficient (Wildman–Crippen LogP) is 1.98. The van der Waals surface area contributed by atoms with E-state index >= 15 is 0 Å². The van der Waals surface area contributed by atoms with Gasteiger partial charge in [-0.05, 0) is 46.6 Å². The largest absolute Gasteiger partial charge is 0.382 e. The van der Waals surface area contributed by atoms with Crippen molar-refractivity contribution in [3.63, 3.8) is 0 Å². The van der Waals surface area contributed by atoms with Gasteiger partial charge in [-0.1, -0.05) is 0 Å². The van der Waals surface area contributed by atoms with Gasteiger partial charge in [-0.3, -0.25) is 0 Å². The van der Waals surface area contributed by atoms with Crippen molar-refractivity contribution in [3.05, 3.63) is 0 Å². The van der Waals surface area contributed by atoms with Gasteiger partial charge in [0.25, 0.3) is 0 Å². The number of nitrogens with one attached hydrogen (secondary N) is 1. The van der Waals surface area contributed by atoms with Crippen LogP contribution in [0, 0.1) is 0 Å². The molecule has 0 amide bonds. The van der Waals surface area contributed by atoms with Crippen molar-refractivity contribution in [3.8, 4) is 0 Å². The summed E-state index contributed by atoms with van der Waals surface area (Å²) in [5.41, 5.74) is 0. The molecule has 0 saturated carbocycles. The second-order valence-electron chi connectivity index (χ2n) is 5.02. The minimum atomic E-state index is 0.331. The van der Waals surface area contributed by atoms with E-state index in [0.29, 0.717) is 18.3 Å². The molecular weight excluding hydrogens is 230 g/mol. The molecule has 0 radical (unpaired) electrons. The van der Waals surface area contributed by atoms with Crippen molar-refractivity contribution in [2.75, 3.05) is 32.9 Å². The van der Waals surface area contributed by atoms with Gasteiger partial charge in [0.15, 0.2) is 0 Å². The Bertz CT molecular complexity index is 191. The molecule has 18 heavy (non-hydrogen) atoms.